The van der Waals surface area contributed by atoms with Crippen molar-refractivity contribution in [2.45, 2.75) is 68.9 Å². The maximum absolute atomic E-state index is 12.7. The van der Waals surface area contributed by atoms with Gasteiger partial charge in [-0.2, -0.15) is 0 Å². The van der Waals surface area contributed by atoms with Crippen LogP contribution in [-0.4, -0.2) is 79.8 Å². The first-order valence-corrected chi connectivity index (χ1v) is 11.3. The van der Waals surface area contributed by atoms with Gasteiger partial charge < -0.3 is 40.1 Å². The fraction of sp³-hybridized carbons (Fsp3) is 0.480. The van der Waals surface area contributed by atoms with E-state index in [1.54, 1.807) is 48.5 Å². The van der Waals surface area contributed by atoms with Crippen LogP contribution >= 0.6 is 0 Å². The average molecular weight is 477 g/mol. The SMILES string of the molecule is O=C(CCc1ccc(O)cc1)CC(CCc1ccc(O)cc1)OC1OC(CO)C(O)C(O)C1O. The van der Waals surface area contributed by atoms with Crippen LogP contribution in [0, 0.1) is 0 Å². The van der Waals surface area contributed by atoms with Crippen LogP contribution < -0.4 is 0 Å². The third kappa shape index (κ3) is 7.23. The average Bonchev–Trinajstić information content (AvgIpc) is 2.83. The minimum Gasteiger partial charge on any atom is -0.508 e. The van der Waals surface area contributed by atoms with Crippen LogP contribution in [0.15, 0.2) is 48.5 Å². The number of phenols is 2. The summed E-state index contributed by atoms with van der Waals surface area (Å²) in [5.41, 5.74) is 1.82. The molecule has 0 saturated carbocycles. The van der Waals surface area contributed by atoms with Crippen molar-refractivity contribution in [3.63, 3.8) is 0 Å². The molecule has 9 heteroatoms. The van der Waals surface area contributed by atoms with Crippen LogP contribution in [0.25, 0.3) is 0 Å². The molecule has 0 aromatic heterocycles. The number of hydrogen-bond donors (Lipinski definition) is 6. The maximum atomic E-state index is 12.7. The molecule has 2 aromatic rings. The second-order valence-corrected chi connectivity index (χ2v) is 8.57. The predicted octanol–water partition coefficient (Wildman–Crippen LogP) is 0.807. The molecule has 6 unspecified atom stereocenters. The number of ether oxygens (including phenoxy) is 2. The first-order valence-electron chi connectivity index (χ1n) is 11.3. The molecule has 0 aliphatic carbocycles. The fourth-order valence-corrected chi connectivity index (χ4v) is 3.88. The third-order valence-electron chi connectivity index (χ3n) is 5.95. The number of rotatable bonds is 11. The first-order chi connectivity index (χ1) is 16.3. The molecule has 0 amide bonds. The van der Waals surface area contributed by atoms with Gasteiger partial charge in [0.25, 0.3) is 0 Å². The lowest BCUT2D eigenvalue weighted by Gasteiger charge is -2.40. The molecule has 6 atom stereocenters. The fourth-order valence-electron chi connectivity index (χ4n) is 3.88. The minimum absolute atomic E-state index is 0.0329. The van der Waals surface area contributed by atoms with Gasteiger partial charge in [0, 0.05) is 12.8 Å². The number of aliphatic hydroxyl groups is 4. The predicted molar refractivity (Wildman–Crippen MR) is 121 cm³/mol. The van der Waals surface area contributed by atoms with Crippen molar-refractivity contribution in [3.05, 3.63) is 59.7 Å². The second-order valence-electron chi connectivity index (χ2n) is 8.57. The van der Waals surface area contributed by atoms with Crippen molar-refractivity contribution in [3.8, 4) is 11.5 Å². The highest BCUT2D eigenvalue weighted by molar-refractivity contribution is 5.79. The summed E-state index contributed by atoms with van der Waals surface area (Å²) in [5.74, 6) is 0.216. The summed E-state index contributed by atoms with van der Waals surface area (Å²) in [6.07, 6.45) is -6.03. The molecule has 3 rings (SSSR count). The van der Waals surface area contributed by atoms with Crippen molar-refractivity contribution in [2.24, 2.45) is 0 Å². The molecule has 2 aromatic carbocycles. The summed E-state index contributed by atoms with van der Waals surface area (Å²) < 4.78 is 11.3. The quantitative estimate of drug-likeness (QED) is 0.276. The van der Waals surface area contributed by atoms with E-state index >= 15 is 0 Å². The molecule has 9 nitrogen and oxygen atoms in total. The third-order valence-corrected chi connectivity index (χ3v) is 5.95. The van der Waals surface area contributed by atoms with Gasteiger partial charge in [-0.1, -0.05) is 24.3 Å². The van der Waals surface area contributed by atoms with Gasteiger partial charge in [-0.15, -0.1) is 0 Å². The van der Waals surface area contributed by atoms with E-state index < -0.39 is 43.4 Å². The van der Waals surface area contributed by atoms with Gasteiger partial charge in [0.2, 0.25) is 0 Å². The summed E-state index contributed by atoms with van der Waals surface area (Å²) in [6.45, 7) is -0.575. The zero-order valence-corrected chi connectivity index (χ0v) is 18.7. The highest BCUT2D eigenvalue weighted by Gasteiger charge is 2.44. The summed E-state index contributed by atoms with van der Waals surface area (Å²) >= 11 is 0. The molecule has 34 heavy (non-hydrogen) atoms. The highest BCUT2D eigenvalue weighted by Crippen LogP contribution is 2.25. The van der Waals surface area contributed by atoms with Crippen LogP contribution in [0.5, 0.6) is 11.5 Å². The largest absolute Gasteiger partial charge is 0.508 e. The van der Waals surface area contributed by atoms with Crippen LogP contribution in [0.2, 0.25) is 0 Å². The molecule has 186 valence electrons. The zero-order chi connectivity index (χ0) is 24.7. The summed E-state index contributed by atoms with van der Waals surface area (Å²) in [5, 5.41) is 58.6. The Morgan fingerprint density at radius 3 is 1.97 bits per heavy atom. The van der Waals surface area contributed by atoms with Crippen molar-refractivity contribution < 1.29 is 44.9 Å². The van der Waals surface area contributed by atoms with Crippen molar-refractivity contribution in [1.82, 2.24) is 0 Å². The van der Waals surface area contributed by atoms with E-state index in [1.807, 2.05) is 0 Å². The van der Waals surface area contributed by atoms with Crippen LogP contribution in [-0.2, 0) is 27.1 Å². The molecule has 0 spiro atoms. The maximum Gasteiger partial charge on any atom is 0.186 e. The van der Waals surface area contributed by atoms with Crippen molar-refractivity contribution in [2.75, 3.05) is 6.61 Å². The van der Waals surface area contributed by atoms with Gasteiger partial charge in [0.1, 0.15) is 41.7 Å². The Morgan fingerprint density at radius 1 is 0.853 bits per heavy atom. The van der Waals surface area contributed by atoms with Crippen molar-refractivity contribution >= 4 is 5.78 Å². The highest BCUT2D eigenvalue weighted by atomic mass is 16.7. The molecule has 1 fully saturated rings. The molecule has 6 N–H and O–H groups in total. The normalized spacial score (nSPS) is 25.7. The molecule has 0 radical (unpaired) electrons. The number of aryl methyl sites for hydroxylation is 2. The number of ketones is 1. The second kappa shape index (κ2) is 12.3. The number of benzene rings is 2. The summed E-state index contributed by atoms with van der Waals surface area (Å²) in [7, 11) is 0. The molecule has 1 aliphatic rings. The van der Waals surface area contributed by atoms with Crippen molar-refractivity contribution in [1.29, 1.82) is 0 Å². The molecule has 1 aliphatic heterocycles. The number of Topliss-reactive ketones (excluding diaryl/α,β-unsaturated/α-hetero) is 1. The van der Waals surface area contributed by atoms with Gasteiger partial charge in [0.15, 0.2) is 6.29 Å². The molecule has 1 saturated heterocycles. The standard InChI is InChI=1S/C25H32O9/c26-14-21-22(30)23(31)24(32)25(34-21)33-20(12-6-16-3-9-18(28)10-4-16)13-19(29)11-5-15-1-7-17(27)8-2-15/h1-4,7-10,20-28,30-32H,5-6,11-14H2. The Bertz CT molecular complexity index is 898. The topological polar surface area (TPSA) is 157 Å². The minimum atomic E-state index is -1.57. The summed E-state index contributed by atoms with van der Waals surface area (Å²) in [6, 6.07) is 13.2. The monoisotopic (exact) mass is 476 g/mol. The van der Waals surface area contributed by atoms with Gasteiger partial charge in [0.05, 0.1) is 12.7 Å². The molecular weight excluding hydrogens is 444 g/mol. The number of hydrogen-bond acceptors (Lipinski definition) is 9. The number of aromatic hydroxyl groups is 2. The van der Waals surface area contributed by atoms with E-state index in [0.29, 0.717) is 19.3 Å². The zero-order valence-electron chi connectivity index (χ0n) is 18.7. The van der Waals surface area contributed by atoms with E-state index in [9.17, 15) is 35.4 Å². The van der Waals surface area contributed by atoms with E-state index in [2.05, 4.69) is 0 Å². The molecular formula is C25H32O9. The van der Waals surface area contributed by atoms with Crippen LogP contribution in [0.1, 0.15) is 30.4 Å². The van der Waals surface area contributed by atoms with E-state index in [0.717, 1.165) is 11.1 Å². The first kappa shape index (κ1) is 26.1. The van der Waals surface area contributed by atoms with Crippen LogP contribution in [0.3, 0.4) is 0 Å². The number of phenolic OH excluding ortho intramolecular Hbond substituents is 2. The van der Waals surface area contributed by atoms with E-state index in [4.69, 9.17) is 9.47 Å². The Labute approximate surface area is 197 Å². The summed E-state index contributed by atoms with van der Waals surface area (Å²) in [4.78, 5) is 12.7. The van der Waals surface area contributed by atoms with Gasteiger partial charge in [-0.25, -0.2) is 0 Å². The Kier molecular flexibility index (Phi) is 9.40. The van der Waals surface area contributed by atoms with E-state index in [1.165, 1.54) is 0 Å². The number of aliphatic hydroxyl groups excluding tert-OH is 4. The lowest BCUT2D eigenvalue weighted by molar-refractivity contribution is -0.311. The lowest BCUT2D eigenvalue weighted by atomic mass is 9.98. The number of carbonyl (C=O) groups is 1. The van der Waals surface area contributed by atoms with E-state index in [-0.39, 0.29) is 30.1 Å². The lowest BCUT2D eigenvalue weighted by Crippen LogP contribution is -2.59. The Hall–Kier alpha value is -2.53. The Balaban J connectivity index is 1.64. The molecule has 1 heterocycles. The van der Waals surface area contributed by atoms with Crippen LogP contribution in [0.4, 0.5) is 0 Å². The Morgan fingerprint density at radius 2 is 1.41 bits per heavy atom. The molecule has 0 bridgehead atoms. The number of carbonyl (C=O) groups excluding carboxylic acids is 1. The van der Waals surface area contributed by atoms with Gasteiger partial charge in [-0.05, 0) is 54.7 Å². The smallest absolute Gasteiger partial charge is 0.186 e. The van der Waals surface area contributed by atoms with Gasteiger partial charge in [-0.3, -0.25) is 4.79 Å². The van der Waals surface area contributed by atoms with Gasteiger partial charge >= 0.3 is 0 Å².